The van der Waals surface area contributed by atoms with Gasteiger partial charge in [-0.15, -0.1) is 0 Å². The minimum atomic E-state index is -3.52. The van der Waals surface area contributed by atoms with Crippen molar-refractivity contribution >= 4 is 54.8 Å². The third kappa shape index (κ3) is 4.72. The molecule has 0 aliphatic carbocycles. The Kier molecular flexibility index (Phi) is 6.08. The van der Waals surface area contributed by atoms with Gasteiger partial charge >= 0.3 is 0 Å². The minimum absolute atomic E-state index is 0.153. The monoisotopic (exact) mass is 440 g/mol. The van der Waals surface area contributed by atoms with E-state index in [0.717, 1.165) is 4.88 Å². The summed E-state index contributed by atoms with van der Waals surface area (Å²) in [5.41, 5.74) is 0.125. The summed E-state index contributed by atoms with van der Waals surface area (Å²) in [4.78, 5) is 21.2. The molecule has 1 unspecified atom stereocenters. The van der Waals surface area contributed by atoms with Gasteiger partial charge in [0.05, 0.1) is 22.1 Å². The summed E-state index contributed by atoms with van der Waals surface area (Å²) in [5, 5.41) is 16.0. The van der Waals surface area contributed by atoms with E-state index in [1.807, 2.05) is 6.92 Å². The van der Waals surface area contributed by atoms with Gasteiger partial charge in [0.1, 0.15) is 5.54 Å². The Balaban J connectivity index is 1.77. The third-order valence-electron chi connectivity index (χ3n) is 3.96. The molecule has 0 radical (unpaired) electrons. The molecule has 0 saturated carbocycles. The number of amides is 1. The van der Waals surface area contributed by atoms with Crippen LogP contribution in [0.3, 0.4) is 0 Å². The first-order valence-electron chi connectivity index (χ1n) is 8.39. The first kappa shape index (κ1) is 20.8. The zero-order valence-electron chi connectivity index (χ0n) is 15.3. The van der Waals surface area contributed by atoms with E-state index in [0.29, 0.717) is 21.7 Å². The van der Waals surface area contributed by atoms with Crippen molar-refractivity contribution in [1.29, 1.82) is 0 Å². The summed E-state index contributed by atoms with van der Waals surface area (Å²) in [5.74, 6) is 0.208. The lowest BCUT2D eigenvalue weighted by Gasteiger charge is -2.16. The summed E-state index contributed by atoms with van der Waals surface area (Å²) >= 11 is 2.91. The van der Waals surface area contributed by atoms with Crippen LogP contribution in [0.4, 0.5) is 10.8 Å². The smallest absolute Gasteiger partial charge is 0.223 e. The molecule has 8 nitrogen and oxygen atoms in total. The fourth-order valence-corrected chi connectivity index (χ4v) is 5.75. The topological polar surface area (TPSA) is 121 Å². The van der Waals surface area contributed by atoms with E-state index >= 15 is 0 Å². The van der Waals surface area contributed by atoms with E-state index < -0.39 is 22.0 Å². The number of aliphatic imine (C=N–C) groups is 1. The number of nitrogens with zero attached hydrogens (tertiary/aromatic N) is 2. The molecule has 0 bridgehead atoms. The van der Waals surface area contributed by atoms with Crippen LogP contribution in [0, 0.1) is 0 Å². The Labute approximate surface area is 171 Å². The molecule has 2 aromatic rings. The average molecular weight is 441 g/mol. The third-order valence-corrected chi connectivity index (χ3v) is 7.99. The van der Waals surface area contributed by atoms with Crippen LogP contribution >= 0.6 is 23.1 Å². The minimum Gasteiger partial charge on any atom is -0.395 e. The molecule has 0 fully saturated rings. The molecular weight excluding hydrogens is 420 g/mol. The second-order valence-electron chi connectivity index (χ2n) is 6.39. The molecule has 1 amide bonds. The maximum atomic E-state index is 12.1. The standard InChI is InChI=1S/C17H20N4O4S3/c1-11(23)19-15-18-9-14(27-15)17(2)10-26-16(21-17)20-12-4-3-5-13(8-12)28(24,25)7-6-22/h3-5,8-9,22H,6-7,10H2,1-2H3,(H,20,21)(H,18,19,23). The molecule has 1 aliphatic rings. The van der Waals surface area contributed by atoms with E-state index in [-0.39, 0.29) is 16.6 Å². The number of hydrogen-bond acceptors (Lipinski definition) is 9. The number of sulfone groups is 1. The molecule has 0 saturated heterocycles. The van der Waals surface area contributed by atoms with Gasteiger partial charge in [-0.25, -0.2) is 18.4 Å². The number of thioether (sulfide) groups is 1. The largest absolute Gasteiger partial charge is 0.395 e. The second kappa shape index (κ2) is 8.19. The van der Waals surface area contributed by atoms with Gasteiger partial charge in [0, 0.05) is 24.6 Å². The number of hydrogen-bond donors (Lipinski definition) is 3. The van der Waals surface area contributed by atoms with Gasteiger partial charge in [-0.1, -0.05) is 29.2 Å². The Morgan fingerprint density at radius 2 is 2.18 bits per heavy atom. The first-order chi connectivity index (χ1) is 13.2. The number of aromatic nitrogens is 1. The molecule has 2 heterocycles. The average Bonchev–Trinajstić information content (AvgIpc) is 3.23. The van der Waals surface area contributed by atoms with Crippen LogP contribution in [-0.2, 0) is 20.2 Å². The highest BCUT2D eigenvalue weighted by molar-refractivity contribution is 8.14. The van der Waals surface area contributed by atoms with Crippen LogP contribution in [0.2, 0.25) is 0 Å². The summed E-state index contributed by atoms with van der Waals surface area (Å²) < 4.78 is 24.3. The molecule has 1 aromatic heterocycles. The molecule has 3 rings (SSSR count). The van der Waals surface area contributed by atoms with Crippen molar-refractivity contribution in [1.82, 2.24) is 4.98 Å². The van der Waals surface area contributed by atoms with Crippen LogP contribution in [-0.4, -0.2) is 47.7 Å². The van der Waals surface area contributed by atoms with Crippen LogP contribution in [0.15, 0.2) is 40.4 Å². The number of thiazole rings is 1. The van der Waals surface area contributed by atoms with E-state index in [2.05, 4.69) is 15.6 Å². The highest BCUT2D eigenvalue weighted by Crippen LogP contribution is 2.40. The van der Waals surface area contributed by atoms with Crippen molar-refractivity contribution in [2.75, 3.05) is 28.7 Å². The van der Waals surface area contributed by atoms with Gasteiger partial charge in [-0.05, 0) is 25.1 Å². The number of carbonyl (C=O) groups is 1. The molecule has 1 aliphatic heterocycles. The van der Waals surface area contributed by atoms with Gasteiger partial charge in [-0.3, -0.25) is 4.79 Å². The van der Waals surface area contributed by atoms with Crippen molar-refractivity contribution in [3.05, 3.63) is 35.3 Å². The van der Waals surface area contributed by atoms with Gasteiger partial charge in [0.2, 0.25) is 5.91 Å². The van der Waals surface area contributed by atoms with Crippen LogP contribution < -0.4 is 10.6 Å². The van der Waals surface area contributed by atoms with E-state index in [4.69, 9.17) is 10.1 Å². The van der Waals surface area contributed by atoms with Gasteiger partial charge in [0.15, 0.2) is 20.1 Å². The molecule has 1 atom stereocenters. The number of carbonyl (C=O) groups excluding carboxylic acids is 1. The van der Waals surface area contributed by atoms with Crippen LogP contribution in [0.25, 0.3) is 0 Å². The lowest BCUT2D eigenvalue weighted by atomic mass is 10.1. The lowest BCUT2D eigenvalue weighted by molar-refractivity contribution is -0.114. The number of nitrogens with one attached hydrogen (secondary N) is 2. The van der Waals surface area contributed by atoms with Gasteiger partial charge in [-0.2, -0.15) is 0 Å². The SMILES string of the molecule is CC(=O)Nc1ncc(C2(C)CSC(Nc3cccc(S(=O)(=O)CCO)c3)=N2)s1. The fraction of sp³-hybridized carbons (Fsp3) is 0.353. The summed E-state index contributed by atoms with van der Waals surface area (Å²) in [6.45, 7) is 3.00. The second-order valence-corrected chi connectivity index (χ2v) is 10.5. The highest BCUT2D eigenvalue weighted by Gasteiger charge is 2.35. The number of benzene rings is 1. The van der Waals surface area contributed by atoms with Gasteiger partial charge < -0.3 is 15.7 Å². The molecule has 1 aromatic carbocycles. The molecular formula is C17H20N4O4S3. The van der Waals surface area contributed by atoms with Crippen molar-refractivity contribution in [3.63, 3.8) is 0 Å². The summed E-state index contributed by atoms with van der Waals surface area (Å²) in [7, 11) is -3.52. The number of aliphatic hydroxyl groups is 1. The Hall–Kier alpha value is -1.95. The van der Waals surface area contributed by atoms with E-state index in [1.54, 1.807) is 18.3 Å². The fourth-order valence-electron chi connectivity index (χ4n) is 2.55. The maximum absolute atomic E-state index is 12.1. The normalized spacial score (nSPS) is 19.3. The number of anilines is 2. The van der Waals surface area contributed by atoms with Crippen LogP contribution in [0.5, 0.6) is 0 Å². The van der Waals surface area contributed by atoms with Gasteiger partial charge in [0.25, 0.3) is 0 Å². The van der Waals surface area contributed by atoms with Crippen molar-refractivity contribution in [3.8, 4) is 0 Å². The summed E-state index contributed by atoms with van der Waals surface area (Å²) in [6, 6.07) is 6.45. The molecule has 0 spiro atoms. The predicted octanol–water partition coefficient (Wildman–Crippen LogP) is 2.30. The zero-order valence-corrected chi connectivity index (χ0v) is 17.7. The quantitative estimate of drug-likeness (QED) is 0.630. The van der Waals surface area contributed by atoms with E-state index in [1.165, 1.54) is 42.2 Å². The number of amidine groups is 1. The molecule has 3 N–H and O–H groups in total. The Morgan fingerprint density at radius 1 is 1.39 bits per heavy atom. The predicted molar refractivity (Wildman–Crippen MR) is 113 cm³/mol. The maximum Gasteiger partial charge on any atom is 0.223 e. The molecule has 28 heavy (non-hydrogen) atoms. The van der Waals surface area contributed by atoms with Crippen molar-refractivity contribution in [2.45, 2.75) is 24.3 Å². The Morgan fingerprint density at radius 3 is 2.89 bits per heavy atom. The van der Waals surface area contributed by atoms with Crippen molar-refractivity contribution in [2.24, 2.45) is 4.99 Å². The highest BCUT2D eigenvalue weighted by atomic mass is 32.2. The summed E-state index contributed by atoms with van der Waals surface area (Å²) in [6.07, 6.45) is 1.71. The molecule has 11 heteroatoms. The first-order valence-corrected chi connectivity index (χ1v) is 11.8. The number of aliphatic hydroxyl groups excluding tert-OH is 1. The number of rotatable bonds is 6. The van der Waals surface area contributed by atoms with Crippen LogP contribution in [0.1, 0.15) is 18.7 Å². The zero-order chi connectivity index (χ0) is 20.4. The van der Waals surface area contributed by atoms with Crippen molar-refractivity contribution < 1.29 is 18.3 Å². The Bertz CT molecular complexity index is 1020. The molecule has 150 valence electrons. The lowest BCUT2D eigenvalue weighted by Crippen LogP contribution is -2.17. The van der Waals surface area contributed by atoms with E-state index in [9.17, 15) is 13.2 Å².